The summed E-state index contributed by atoms with van der Waals surface area (Å²) in [6, 6.07) is 7.93. The Bertz CT molecular complexity index is 469. The molecule has 1 fully saturated rings. The molecule has 1 aliphatic carbocycles. The molecule has 116 valence electrons. The minimum atomic E-state index is 0.681. The van der Waals surface area contributed by atoms with Gasteiger partial charge in [0.15, 0.2) is 0 Å². The molecule has 1 N–H and O–H groups in total. The third kappa shape index (κ3) is 4.71. The minimum Gasteiger partial charge on any atom is -0.311 e. The molecule has 1 aromatic carbocycles. The van der Waals surface area contributed by atoms with Crippen molar-refractivity contribution in [2.24, 2.45) is 5.92 Å². The van der Waals surface area contributed by atoms with E-state index in [-0.39, 0.29) is 0 Å². The Morgan fingerprint density at radius 1 is 1.29 bits per heavy atom. The van der Waals surface area contributed by atoms with Crippen LogP contribution in [0.15, 0.2) is 30.4 Å². The lowest BCUT2D eigenvalue weighted by atomic mass is 9.76. The first-order chi connectivity index (χ1) is 10.1. The van der Waals surface area contributed by atoms with Gasteiger partial charge in [0.25, 0.3) is 0 Å². The lowest BCUT2D eigenvalue weighted by Crippen LogP contribution is -2.41. The summed E-state index contributed by atoms with van der Waals surface area (Å²) in [6.07, 6.45) is 9.48. The summed E-state index contributed by atoms with van der Waals surface area (Å²) < 4.78 is 0. The predicted molar refractivity (Wildman–Crippen MR) is 92.9 cm³/mol. The highest BCUT2D eigenvalue weighted by Gasteiger charge is 2.28. The third-order valence-corrected chi connectivity index (χ3v) is 4.86. The summed E-state index contributed by atoms with van der Waals surface area (Å²) >= 11 is 0. The van der Waals surface area contributed by atoms with Crippen LogP contribution in [0, 0.1) is 12.8 Å². The second kappa shape index (κ2) is 7.79. The monoisotopic (exact) mass is 285 g/mol. The van der Waals surface area contributed by atoms with Gasteiger partial charge < -0.3 is 5.32 Å². The Hall–Kier alpha value is -1.08. The molecule has 0 aromatic heterocycles. The van der Waals surface area contributed by atoms with Gasteiger partial charge in [-0.15, -0.1) is 0 Å². The van der Waals surface area contributed by atoms with Gasteiger partial charge in [0, 0.05) is 12.6 Å². The van der Waals surface area contributed by atoms with Crippen LogP contribution in [0.3, 0.4) is 0 Å². The van der Waals surface area contributed by atoms with Crippen molar-refractivity contribution in [3.05, 3.63) is 47.0 Å². The van der Waals surface area contributed by atoms with Gasteiger partial charge in [-0.25, -0.2) is 0 Å². The van der Waals surface area contributed by atoms with Gasteiger partial charge in [-0.1, -0.05) is 49.8 Å². The van der Waals surface area contributed by atoms with Gasteiger partial charge in [0.1, 0.15) is 0 Å². The first kappa shape index (κ1) is 16.3. The molecule has 0 saturated heterocycles. The van der Waals surface area contributed by atoms with E-state index in [1.54, 1.807) is 5.56 Å². The van der Waals surface area contributed by atoms with Gasteiger partial charge in [0.05, 0.1) is 0 Å². The highest BCUT2D eigenvalue weighted by atomic mass is 14.9. The van der Waals surface area contributed by atoms with Gasteiger partial charge in [-0.2, -0.15) is 0 Å². The predicted octanol–water partition coefficient (Wildman–Crippen LogP) is 5.00. The lowest BCUT2D eigenvalue weighted by molar-refractivity contribution is 0.227. The average molecular weight is 285 g/mol. The van der Waals surface area contributed by atoms with Gasteiger partial charge in [-0.3, -0.25) is 0 Å². The fourth-order valence-corrected chi connectivity index (χ4v) is 3.29. The van der Waals surface area contributed by atoms with Crippen molar-refractivity contribution in [2.75, 3.05) is 6.54 Å². The van der Waals surface area contributed by atoms with E-state index in [4.69, 9.17) is 0 Å². The van der Waals surface area contributed by atoms with Crippen LogP contribution in [0.2, 0.25) is 0 Å². The molecule has 0 bridgehead atoms. The molecule has 0 aliphatic heterocycles. The summed E-state index contributed by atoms with van der Waals surface area (Å²) in [5.41, 5.74) is 4.49. The molecule has 1 heteroatoms. The van der Waals surface area contributed by atoms with Crippen molar-refractivity contribution in [2.45, 2.75) is 65.3 Å². The van der Waals surface area contributed by atoms with Crippen LogP contribution >= 0.6 is 0 Å². The number of allylic oxidation sites excluding steroid dienone is 1. The van der Waals surface area contributed by atoms with Crippen LogP contribution in [0.4, 0.5) is 0 Å². The van der Waals surface area contributed by atoms with Crippen molar-refractivity contribution >= 4 is 0 Å². The second-order valence-corrected chi connectivity index (χ2v) is 6.78. The Balaban J connectivity index is 1.85. The molecule has 0 spiro atoms. The molecule has 1 aliphatic rings. The number of aryl methyl sites for hydroxylation is 1. The zero-order valence-electron chi connectivity index (χ0n) is 14.2. The van der Waals surface area contributed by atoms with Gasteiger partial charge in [-0.05, 0) is 62.5 Å². The van der Waals surface area contributed by atoms with E-state index in [1.807, 2.05) is 0 Å². The summed E-state index contributed by atoms with van der Waals surface area (Å²) in [6.45, 7) is 9.95. The largest absolute Gasteiger partial charge is 0.311 e. The van der Waals surface area contributed by atoms with Crippen LogP contribution in [-0.4, -0.2) is 12.6 Å². The Morgan fingerprint density at radius 3 is 2.71 bits per heavy atom. The Morgan fingerprint density at radius 2 is 2.05 bits per heavy atom. The van der Waals surface area contributed by atoms with Crippen molar-refractivity contribution in [3.63, 3.8) is 0 Å². The van der Waals surface area contributed by atoms with Gasteiger partial charge >= 0.3 is 0 Å². The summed E-state index contributed by atoms with van der Waals surface area (Å²) in [5.74, 6) is 1.56. The van der Waals surface area contributed by atoms with E-state index >= 15 is 0 Å². The maximum absolute atomic E-state index is 3.60. The molecule has 21 heavy (non-hydrogen) atoms. The normalized spacial score (nSPS) is 23.2. The van der Waals surface area contributed by atoms with Crippen LogP contribution in [0.25, 0.3) is 0 Å². The number of hydrogen-bond acceptors (Lipinski definition) is 1. The van der Waals surface area contributed by atoms with E-state index in [9.17, 15) is 0 Å². The van der Waals surface area contributed by atoms with Crippen molar-refractivity contribution in [3.8, 4) is 0 Å². The van der Waals surface area contributed by atoms with E-state index < -0.39 is 0 Å². The minimum absolute atomic E-state index is 0.681. The zero-order valence-corrected chi connectivity index (χ0v) is 14.2. The molecule has 2 rings (SSSR count). The van der Waals surface area contributed by atoms with E-state index in [2.05, 4.69) is 63.4 Å². The average Bonchev–Trinajstić information content (AvgIpc) is 2.43. The van der Waals surface area contributed by atoms with Crippen LogP contribution < -0.4 is 5.32 Å². The third-order valence-electron chi connectivity index (χ3n) is 4.86. The fourth-order valence-electron chi connectivity index (χ4n) is 3.29. The second-order valence-electron chi connectivity index (χ2n) is 6.78. The SMILES string of the molecule is C/C=C\CNC1CC(Cc2cc(C)cc(C(C)CC)c2)C1. The summed E-state index contributed by atoms with van der Waals surface area (Å²) in [4.78, 5) is 0. The Labute approximate surface area is 130 Å². The number of hydrogen-bond donors (Lipinski definition) is 1. The lowest BCUT2D eigenvalue weighted by Gasteiger charge is -2.36. The maximum atomic E-state index is 3.60. The topological polar surface area (TPSA) is 12.0 Å². The first-order valence-electron chi connectivity index (χ1n) is 8.57. The van der Waals surface area contributed by atoms with Crippen LogP contribution in [-0.2, 0) is 6.42 Å². The molecule has 0 amide bonds. The number of benzene rings is 1. The molecule has 1 aromatic rings. The molecular weight excluding hydrogens is 254 g/mol. The Kier molecular flexibility index (Phi) is 6.05. The highest BCUT2D eigenvalue weighted by molar-refractivity contribution is 5.32. The smallest absolute Gasteiger partial charge is 0.0137 e. The summed E-state index contributed by atoms with van der Waals surface area (Å²) in [7, 11) is 0. The van der Waals surface area contributed by atoms with E-state index in [1.165, 1.54) is 36.8 Å². The summed E-state index contributed by atoms with van der Waals surface area (Å²) in [5, 5.41) is 3.60. The van der Waals surface area contributed by atoms with Gasteiger partial charge in [0.2, 0.25) is 0 Å². The van der Waals surface area contributed by atoms with E-state index in [0.29, 0.717) is 5.92 Å². The zero-order chi connectivity index (χ0) is 15.2. The molecule has 1 unspecified atom stereocenters. The molecule has 0 heterocycles. The number of rotatable bonds is 7. The van der Waals surface area contributed by atoms with Crippen LogP contribution in [0.1, 0.15) is 62.6 Å². The van der Waals surface area contributed by atoms with Crippen molar-refractivity contribution in [1.29, 1.82) is 0 Å². The first-order valence-corrected chi connectivity index (χ1v) is 8.57. The molecule has 1 atom stereocenters. The molecular formula is C20H31N. The highest BCUT2D eigenvalue weighted by Crippen LogP contribution is 2.32. The fraction of sp³-hybridized carbons (Fsp3) is 0.600. The maximum Gasteiger partial charge on any atom is 0.0137 e. The van der Waals surface area contributed by atoms with E-state index in [0.717, 1.165) is 18.5 Å². The van der Waals surface area contributed by atoms with Crippen LogP contribution in [0.5, 0.6) is 0 Å². The van der Waals surface area contributed by atoms with Crippen molar-refractivity contribution < 1.29 is 0 Å². The quantitative estimate of drug-likeness (QED) is 0.695. The molecule has 1 nitrogen and oxygen atoms in total. The standard InChI is InChI=1S/C20H31N/c1-5-7-8-21-20-13-18(14-20)11-17-9-15(3)10-19(12-17)16(4)6-2/h5,7,9-10,12,16,18,20-21H,6,8,11,13-14H2,1-4H3/b7-5-. The van der Waals surface area contributed by atoms with Crippen molar-refractivity contribution in [1.82, 2.24) is 5.32 Å². The molecule has 1 saturated carbocycles. The molecule has 0 radical (unpaired) electrons. The number of nitrogens with one attached hydrogen (secondary N) is 1.